The fourth-order valence-electron chi connectivity index (χ4n) is 1.98. The van der Waals surface area contributed by atoms with Gasteiger partial charge >= 0.3 is 0 Å². The third-order valence-electron chi connectivity index (χ3n) is 3.22. The van der Waals surface area contributed by atoms with E-state index >= 15 is 0 Å². The van der Waals surface area contributed by atoms with E-state index in [1.54, 1.807) is 25.1 Å². The second kappa shape index (κ2) is 7.70. The molecule has 2 rings (SSSR count). The third-order valence-corrected chi connectivity index (χ3v) is 3.45. The number of hydrazone groups is 1. The van der Waals surface area contributed by atoms with Gasteiger partial charge in [0.1, 0.15) is 17.2 Å². The zero-order chi connectivity index (χ0) is 17.7. The number of hydrogen-bond donors (Lipinski definition) is 3. The first kappa shape index (κ1) is 17.6. The molecule has 2 aromatic carbocycles. The molecule has 24 heavy (non-hydrogen) atoms. The Hall–Kier alpha value is -2.73. The van der Waals surface area contributed by atoms with Gasteiger partial charge in [0.25, 0.3) is 5.91 Å². The quantitative estimate of drug-likeness (QED) is 0.572. The zero-order valence-corrected chi connectivity index (χ0v) is 14.0. The summed E-state index contributed by atoms with van der Waals surface area (Å²) in [6.45, 7) is 3.24. The fourth-order valence-corrected chi connectivity index (χ4v) is 2.21. The van der Waals surface area contributed by atoms with Crippen LogP contribution in [0.4, 0.5) is 0 Å². The Morgan fingerprint density at radius 3 is 2.67 bits per heavy atom. The first-order valence-corrected chi connectivity index (χ1v) is 7.49. The molecular formula is C17H17ClN2O4. The van der Waals surface area contributed by atoms with E-state index in [1.165, 1.54) is 18.2 Å². The fraction of sp³-hybridized carbons (Fsp3) is 0.176. The molecule has 0 saturated heterocycles. The first-order chi connectivity index (χ1) is 11.4. The van der Waals surface area contributed by atoms with Gasteiger partial charge in [0.2, 0.25) is 0 Å². The summed E-state index contributed by atoms with van der Waals surface area (Å²) in [5.74, 6) is -0.0632. The number of nitrogens with zero attached hydrogens (tertiary/aromatic N) is 1. The number of carbonyl (C=O) groups excluding carboxylic acids is 1. The Kier molecular flexibility index (Phi) is 5.65. The molecule has 1 amide bonds. The highest BCUT2D eigenvalue weighted by Crippen LogP contribution is 2.23. The number of amides is 1. The zero-order valence-electron chi connectivity index (χ0n) is 13.2. The van der Waals surface area contributed by atoms with E-state index in [9.17, 15) is 15.0 Å². The van der Waals surface area contributed by atoms with Gasteiger partial charge in [-0.3, -0.25) is 4.79 Å². The van der Waals surface area contributed by atoms with Gasteiger partial charge in [0.15, 0.2) is 6.61 Å². The van der Waals surface area contributed by atoms with Crippen LogP contribution in [0.15, 0.2) is 41.5 Å². The van der Waals surface area contributed by atoms with Crippen LogP contribution in [0.5, 0.6) is 17.2 Å². The van der Waals surface area contributed by atoms with Crippen LogP contribution in [0.25, 0.3) is 0 Å². The van der Waals surface area contributed by atoms with Gasteiger partial charge in [0, 0.05) is 16.7 Å². The number of aromatic hydroxyl groups is 2. The van der Waals surface area contributed by atoms with E-state index in [2.05, 4.69) is 10.5 Å². The number of nitrogens with one attached hydrogen (secondary N) is 1. The van der Waals surface area contributed by atoms with Crippen LogP contribution in [0.1, 0.15) is 18.1 Å². The summed E-state index contributed by atoms with van der Waals surface area (Å²) >= 11 is 5.86. The number of halogens is 1. The number of phenols is 2. The van der Waals surface area contributed by atoms with E-state index in [4.69, 9.17) is 16.3 Å². The number of benzene rings is 2. The Balaban J connectivity index is 1.94. The first-order valence-electron chi connectivity index (χ1n) is 7.11. The molecule has 0 unspecified atom stereocenters. The third kappa shape index (κ3) is 4.63. The monoisotopic (exact) mass is 348 g/mol. The lowest BCUT2D eigenvalue weighted by molar-refractivity contribution is -0.123. The maximum Gasteiger partial charge on any atom is 0.277 e. The van der Waals surface area contributed by atoms with Crippen molar-refractivity contribution in [2.75, 3.05) is 6.61 Å². The Morgan fingerprint density at radius 1 is 1.25 bits per heavy atom. The van der Waals surface area contributed by atoms with Crippen molar-refractivity contribution in [3.05, 3.63) is 52.5 Å². The maximum absolute atomic E-state index is 11.8. The molecule has 0 fully saturated rings. The van der Waals surface area contributed by atoms with Crippen molar-refractivity contribution in [1.29, 1.82) is 0 Å². The Morgan fingerprint density at radius 2 is 2.00 bits per heavy atom. The van der Waals surface area contributed by atoms with Crippen molar-refractivity contribution in [1.82, 2.24) is 5.43 Å². The lowest BCUT2D eigenvalue weighted by Gasteiger charge is -2.09. The van der Waals surface area contributed by atoms with Gasteiger partial charge in [-0.15, -0.1) is 0 Å². The minimum Gasteiger partial charge on any atom is -0.508 e. The van der Waals surface area contributed by atoms with Crippen molar-refractivity contribution >= 4 is 23.2 Å². The van der Waals surface area contributed by atoms with E-state index in [-0.39, 0.29) is 18.1 Å². The molecule has 0 aliphatic rings. The number of hydrogen-bond acceptors (Lipinski definition) is 5. The van der Waals surface area contributed by atoms with Crippen LogP contribution in [-0.2, 0) is 4.79 Å². The molecule has 7 heteroatoms. The molecule has 0 aromatic heterocycles. The molecular weight excluding hydrogens is 332 g/mol. The maximum atomic E-state index is 11.8. The Bertz CT molecular complexity index is 790. The highest BCUT2D eigenvalue weighted by Gasteiger charge is 2.08. The summed E-state index contributed by atoms with van der Waals surface area (Å²) < 4.78 is 5.41. The topological polar surface area (TPSA) is 91.2 Å². The van der Waals surface area contributed by atoms with Crippen molar-refractivity contribution in [2.45, 2.75) is 13.8 Å². The van der Waals surface area contributed by atoms with Crippen LogP contribution >= 0.6 is 11.6 Å². The number of ether oxygens (including phenoxy) is 1. The smallest absolute Gasteiger partial charge is 0.277 e. The number of phenolic OH excluding ortho intramolecular Hbond substituents is 2. The molecule has 0 aliphatic carbocycles. The molecule has 0 saturated carbocycles. The second-order valence-corrected chi connectivity index (χ2v) is 5.57. The lowest BCUT2D eigenvalue weighted by atomic mass is 10.1. The summed E-state index contributed by atoms with van der Waals surface area (Å²) in [5, 5.41) is 23.5. The lowest BCUT2D eigenvalue weighted by Crippen LogP contribution is -2.25. The van der Waals surface area contributed by atoms with Crippen LogP contribution < -0.4 is 10.2 Å². The summed E-state index contributed by atoms with van der Waals surface area (Å²) in [6, 6.07) is 9.23. The summed E-state index contributed by atoms with van der Waals surface area (Å²) in [7, 11) is 0. The van der Waals surface area contributed by atoms with Crippen LogP contribution in [-0.4, -0.2) is 28.4 Å². The molecule has 2 aromatic rings. The summed E-state index contributed by atoms with van der Waals surface area (Å²) in [6.07, 6.45) is 0. The molecule has 0 heterocycles. The van der Waals surface area contributed by atoms with Gasteiger partial charge in [0.05, 0.1) is 5.71 Å². The second-order valence-electron chi connectivity index (χ2n) is 5.13. The van der Waals surface area contributed by atoms with Gasteiger partial charge in [-0.2, -0.15) is 5.10 Å². The van der Waals surface area contributed by atoms with Crippen molar-refractivity contribution < 1.29 is 19.7 Å². The highest BCUT2D eigenvalue weighted by atomic mass is 35.5. The van der Waals surface area contributed by atoms with E-state index in [1.807, 2.05) is 6.92 Å². The molecule has 0 spiro atoms. The molecule has 0 aliphatic heterocycles. The number of carbonyl (C=O) groups is 1. The molecule has 126 valence electrons. The largest absolute Gasteiger partial charge is 0.508 e. The van der Waals surface area contributed by atoms with E-state index in [0.29, 0.717) is 22.0 Å². The van der Waals surface area contributed by atoms with E-state index < -0.39 is 5.91 Å². The predicted octanol–water partition coefficient (Wildman–Crippen LogP) is 2.98. The summed E-state index contributed by atoms with van der Waals surface area (Å²) in [4.78, 5) is 11.8. The van der Waals surface area contributed by atoms with Crippen LogP contribution in [0.2, 0.25) is 5.02 Å². The predicted molar refractivity (Wildman–Crippen MR) is 91.8 cm³/mol. The SMILES string of the molecule is C/C(=N\NC(=O)COc1ccc(Cl)cc1C)c1ccc(O)cc1O. The molecule has 0 radical (unpaired) electrons. The van der Waals surface area contributed by atoms with E-state index in [0.717, 1.165) is 5.56 Å². The van der Waals surface area contributed by atoms with Crippen molar-refractivity contribution in [2.24, 2.45) is 5.10 Å². The average molecular weight is 349 g/mol. The minimum atomic E-state index is -0.443. The van der Waals surface area contributed by atoms with Gasteiger partial charge in [-0.25, -0.2) is 5.43 Å². The molecule has 0 atom stereocenters. The van der Waals surface area contributed by atoms with Crippen LogP contribution in [0, 0.1) is 6.92 Å². The number of aryl methyl sites for hydroxylation is 1. The highest BCUT2D eigenvalue weighted by molar-refractivity contribution is 6.30. The van der Waals surface area contributed by atoms with Gasteiger partial charge in [-0.05, 0) is 49.7 Å². The molecule has 3 N–H and O–H groups in total. The normalized spacial score (nSPS) is 11.2. The van der Waals surface area contributed by atoms with Crippen LogP contribution in [0.3, 0.4) is 0 Å². The summed E-state index contributed by atoms with van der Waals surface area (Å²) in [5.41, 5.74) is 3.97. The molecule has 6 nitrogen and oxygen atoms in total. The minimum absolute atomic E-state index is 0.0557. The Labute approximate surface area is 144 Å². The molecule has 0 bridgehead atoms. The van der Waals surface area contributed by atoms with Crippen molar-refractivity contribution in [3.63, 3.8) is 0 Å². The average Bonchev–Trinajstić information content (AvgIpc) is 2.51. The van der Waals surface area contributed by atoms with Crippen molar-refractivity contribution in [3.8, 4) is 17.2 Å². The van der Waals surface area contributed by atoms with Gasteiger partial charge in [-0.1, -0.05) is 11.6 Å². The number of rotatable bonds is 5. The van der Waals surface area contributed by atoms with Gasteiger partial charge < -0.3 is 14.9 Å². The standard InChI is InChI=1S/C17H17ClN2O4/c1-10-7-12(18)3-6-16(10)24-9-17(23)20-19-11(2)14-5-4-13(21)8-15(14)22/h3-8,21-22H,9H2,1-2H3,(H,20,23)/b19-11+.